The van der Waals surface area contributed by atoms with Crippen molar-refractivity contribution >= 4 is 24.2 Å². The van der Waals surface area contributed by atoms with E-state index in [2.05, 4.69) is 44.1 Å². The zero-order chi connectivity index (χ0) is 27.4. The van der Waals surface area contributed by atoms with Gasteiger partial charge in [-0.25, -0.2) is 0 Å². The summed E-state index contributed by atoms with van der Waals surface area (Å²) in [4.78, 5) is 21.6. The molecule has 1 fully saturated rings. The van der Waals surface area contributed by atoms with Gasteiger partial charge in [0.1, 0.15) is 12.6 Å². The van der Waals surface area contributed by atoms with Crippen molar-refractivity contribution in [2.75, 3.05) is 26.7 Å². The second-order valence-electron chi connectivity index (χ2n) is 9.19. The number of hydrogen-bond donors (Lipinski definition) is 0. The zero-order valence-electron chi connectivity index (χ0n) is 23.6. The van der Waals surface area contributed by atoms with Crippen LogP contribution in [0.3, 0.4) is 0 Å². The lowest BCUT2D eigenvalue weighted by molar-refractivity contribution is -0.119. The Bertz CT molecular complexity index is 657. The monoisotopic (exact) mass is 509 g/mol. The maximum atomic E-state index is 10.9. The number of carbonyl (C=O) groups is 2. The minimum Gasteiger partial charge on any atom is -0.377 e. The Morgan fingerprint density at radius 3 is 2.03 bits per heavy atom. The van der Waals surface area contributed by atoms with Gasteiger partial charge in [0, 0.05) is 24.6 Å². The third-order valence-electron chi connectivity index (χ3n) is 7.28. The Balaban J connectivity index is 0. The van der Waals surface area contributed by atoms with Crippen molar-refractivity contribution < 1.29 is 14.3 Å². The minimum absolute atomic E-state index is 0.102. The van der Waals surface area contributed by atoms with E-state index in [1.54, 1.807) is 19.1 Å². The van der Waals surface area contributed by atoms with E-state index in [-0.39, 0.29) is 11.7 Å². The number of nitrogens with zero attached hydrogens (tertiary/aromatic N) is 1. The molecule has 3 unspecified atom stereocenters. The molecule has 4 nitrogen and oxygen atoms in total. The first-order valence-electron chi connectivity index (χ1n) is 13.1. The number of ketones is 1. The number of halogens is 1. The molecule has 0 saturated carbocycles. The SMILES string of the molecule is C=C(Cl)/C=C\C(=C)C(C)C(C)=O.C=O.CC.CCC1(CC)CCN(CC2C=CC(OC)CC2)CC1. The van der Waals surface area contributed by atoms with E-state index in [0.717, 1.165) is 11.5 Å². The van der Waals surface area contributed by atoms with Gasteiger partial charge in [0.15, 0.2) is 0 Å². The molecule has 0 bridgehead atoms. The number of rotatable bonds is 9. The number of carbonyl (C=O) groups excluding carboxylic acids is 2. The summed E-state index contributed by atoms with van der Waals surface area (Å²) in [7, 11) is 1.81. The van der Waals surface area contributed by atoms with E-state index >= 15 is 0 Å². The van der Waals surface area contributed by atoms with E-state index in [9.17, 15) is 4.79 Å². The molecule has 1 heterocycles. The average Bonchev–Trinajstić information content (AvgIpc) is 2.90. The van der Waals surface area contributed by atoms with Crippen LogP contribution in [0.5, 0.6) is 0 Å². The van der Waals surface area contributed by atoms with Crippen LogP contribution in [0, 0.1) is 17.3 Å². The summed E-state index contributed by atoms with van der Waals surface area (Å²) < 4.78 is 5.39. The van der Waals surface area contributed by atoms with Gasteiger partial charge in [0.05, 0.1) is 6.10 Å². The van der Waals surface area contributed by atoms with Gasteiger partial charge in [0.2, 0.25) is 0 Å². The van der Waals surface area contributed by atoms with Crippen LogP contribution in [0.15, 0.2) is 48.1 Å². The van der Waals surface area contributed by atoms with Crippen molar-refractivity contribution in [1.29, 1.82) is 0 Å². The van der Waals surface area contributed by atoms with Crippen LogP contribution in [0.2, 0.25) is 0 Å². The third kappa shape index (κ3) is 14.6. The fraction of sp³-hybridized carbons (Fsp3) is 0.667. The highest BCUT2D eigenvalue weighted by Crippen LogP contribution is 2.38. The van der Waals surface area contributed by atoms with E-state index in [1.807, 2.05) is 34.7 Å². The zero-order valence-corrected chi connectivity index (χ0v) is 24.3. The Morgan fingerprint density at radius 1 is 1.11 bits per heavy atom. The molecule has 2 rings (SSSR count). The summed E-state index contributed by atoms with van der Waals surface area (Å²) >= 11 is 5.50. The highest BCUT2D eigenvalue weighted by molar-refractivity contribution is 6.30. The smallest absolute Gasteiger partial charge is 0.136 e. The van der Waals surface area contributed by atoms with Gasteiger partial charge in [0.25, 0.3) is 0 Å². The van der Waals surface area contributed by atoms with Gasteiger partial charge in [-0.3, -0.25) is 4.79 Å². The molecule has 0 spiro atoms. The standard InChI is InChI=1S/C17H31NO.C10H13ClO.C2H6.CH2O/c1-4-17(5-2)10-12-18(13-11-17)14-15-6-8-16(19-3)9-7-15;1-7(5-6-8(2)11)9(3)10(4)12;2*1-2/h6,8,15-16H,4-5,7,9-14H2,1-3H3;5-6,9H,1-2H2,3-4H3;1-2H3;1H2/b;6-5-;;. The number of likely N-dealkylation sites (tertiary alicyclic amines) is 1. The normalized spacial score (nSPS) is 21.8. The summed E-state index contributed by atoms with van der Waals surface area (Å²) in [6.07, 6.45) is 16.4. The fourth-order valence-corrected chi connectivity index (χ4v) is 4.36. The summed E-state index contributed by atoms with van der Waals surface area (Å²) in [6.45, 7) is 25.2. The van der Waals surface area contributed by atoms with Crippen LogP contribution < -0.4 is 0 Å². The van der Waals surface area contributed by atoms with Crippen LogP contribution in [-0.2, 0) is 14.3 Å². The highest BCUT2D eigenvalue weighted by atomic mass is 35.5. The van der Waals surface area contributed by atoms with Crippen LogP contribution in [0.1, 0.15) is 80.1 Å². The van der Waals surface area contributed by atoms with Crippen LogP contribution in [0.25, 0.3) is 0 Å². The minimum atomic E-state index is -0.141. The van der Waals surface area contributed by atoms with Gasteiger partial charge in [-0.1, -0.05) is 90.4 Å². The molecule has 0 radical (unpaired) electrons. The molecule has 1 aliphatic heterocycles. The second kappa shape index (κ2) is 20.7. The van der Waals surface area contributed by atoms with Crippen LogP contribution in [-0.4, -0.2) is 50.3 Å². The molecular weight excluding hydrogens is 458 g/mol. The molecule has 1 aliphatic carbocycles. The van der Waals surface area contributed by atoms with Crippen molar-refractivity contribution in [3.63, 3.8) is 0 Å². The summed E-state index contributed by atoms with van der Waals surface area (Å²) in [5.74, 6) is 0.712. The Morgan fingerprint density at radius 2 is 1.66 bits per heavy atom. The number of methoxy groups -OCH3 is 1. The third-order valence-corrected chi connectivity index (χ3v) is 7.40. The molecule has 0 amide bonds. The van der Waals surface area contributed by atoms with Crippen molar-refractivity contribution in [2.45, 2.75) is 86.2 Å². The van der Waals surface area contributed by atoms with Crippen molar-refractivity contribution in [1.82, 2.24) is 4.90 Å². The molecule has 2 aliphatic rings. The number of ether oxygens (including phenoxy) is 1. The maximum Gasteiger partial charge on any atom is 0.136 e. The van der Waals surface area contributed by atoms with Crippen LogP contribution >= 0.6 is 11.6 Å². The van der Waals surface area contributed by atoms with Crippen molar-refractivity contribution in [3.8, 4) is 0 Å². The second-order valence-corrected chi connectivity index (χ2v) is 9.68. The van der Waals surface area contributed by atoms with Gasteiger partial charge in [-0.2, -0.15) is 0 Å². The molecule has 0 aromatic heterocycles. The molecule has 1 saturated heterocycles. The van der Waals surface area contributed by atoms with Gasteiger partial charge >= 0.3 is 0 Å². The average molecular weight is 510 g/mol. The topological polar surface area (TPSA) is 46.6 Å². The van der Waals surface area contributed by atoms with E-state index in [4.69, 9.17) is 21.1 Å². The first kappa shape index (κ1) is 35.7. The first-order valence-corrected chi connectivity index (χ1v) is 13.5. The quantitative estimate of drug-likeness (QED) is 0.235. The predicted molar refractivity (Wildman–Crippen MR) is 153 cm³/mol. The summed E-state index contributed by atoms with van der Waals surface area (Å²) in [5, 5.41) is 0.437. The number of allylic oxidation sites excluding steroid dienone is 4. The lowest BCUT2D eigenvalue weighted by Crippen LogP contribution is -2.41. The van der Waals surface area contributed by atoms with Gasteiger partial charge < -0.3 is 14.4 Å². The van der Waals surface area contributed by atoms with Gasteiger partial charge in [-0.15, -0.1) is 0 Å². The van der Waals surface area contributed by atoms with Crippen LogP contribution in [0.4, 0.5) is 0 Å². The molecule has 3 atom stereocenters. The molecular formula is C30H52ClNO3. The van der Waals surface area contributed by atoms with E-state index < -0.39 is 0 Å². The van der Waals surface area contributed by atoms with Crippen molar-refractivity contribution in [2.24, 2.45) is 17.3 Å². The van der Waals surface area contributed by atoms with Crippen molar-refractivity contribution in [3.05, 3.63) is 48.1 Å². The predicted octanol–water partition coefficient (Wildman–Crippen LogP) is 7.79. The van der Waals surface area contributed by atoms with E-state index in [0.29, 0.717) is 16.6 Å². The van der Waals surface area contributed by atoms with Gasteiger partial charge in [-0.05, 0) is 68.7 Å². The molecule has 0 aromatic carbocycles. The Labute approximate surface area is 221 Å². The largest absolute Gasteiger partial charge is 0.377 e. The molecule has 35 heavy (non-hydrogen) atoms. The number of Topliss-reactive ketones (excluding diaryl/α,β-unsaturated/α-hetero) is 1. The lowest BCUT2D eigenvalue weighted by Gasteiger charge is -2.42. The number of piperidine rings is 1. The summed E-state index contributed by atoms with van der Waals surface area (Å²) in [6, 6.07) is 0. The fourth-order valence-electron chi connectivity index (χ4n) is 4.30. The Hall–Kier alpha value is -1.49. The molecule has 0 aromatic rings. The lowest BCUT2D eigenvalue weighted by atomic mass is 9.74. The number of hydrogen-bond acceptors (Lipinski definition) is 4. The first-order chi connectivity index (χ1) is 16.7. The van der Waals surface area contributed by atoms with E-state index in [1.165, 1.54) is 58.2 Å². The molecule has 0 N–H and O–H groups in total. The maximum absolute atomic E-state index is 10.9. The summed E-state index contributed by atoms with van der Waals surface area (Å²) in [5.41, 5.74) is 1.41. The highest BCUT2D eigenvalue weighted by Gasteiger charge is 2.31. The molecule has 5 heteroatoms. The molecule has 202 valence electrons. The Kier molecular flexibility index (Phi) is 21.1.